The van der Waals surface area contributed by atoms with E-state index in [0.29, 0.717) is 17.1 Å². The number of rotatable bonds is 3. The lowest BCUT2D eigenvalue weighted by atomic mass is 10.0. The first-order valence-electron chi connectivity index (χ1n) is 8.97. The number of nitrogens with one attached hydrogen (secondary N) is 1. The molecule has 0 saturated heterocycles. The topological polar surface area (TPSA) is 60.0 Å². The van der Waals surface area contributed by atoms with Gasteiger partial charge in [0.25, 0.3) is 5.91 Å². The van der Waals surface area contributed by atoms with Gasteiger partial charge in [-0.1, -0.05) is 24.3 Å². The zero-order chi connectivity index (χ0) is 19.1. The van der Waals surface area contributed by atoms with Crippen molar-refractivity contribution in [3.63, 3.8) is 0 Å². The van der Waals surface area contributed by atoms with E-state index in [1.807, 2.05) is 66.7 Å². The second-order valence-electron chi connectivity index (χ2n) is 6.58. The number of hydrogen-bond donors (Lipinski definition) is 1. The van der Waals surface area contributed by atoms with Gasteiger partial charge in [0.05, 0.1) is 18.4 Å². The molecule has 1 N–H and O–H groups in total. The predicted molar refractivity (Wildman–Crippen MR) is 105 cm³/mol. The summed E-state index contributed by atoms with van der Waals surface area (Å²) in [4.78, 5) is 15.2. The average Bonchev–Trinajstić information content (AvgIpc) is 3.21. The Morgan fingerprint density at radius 1 is 1.00 bits per heavy atom. The Hall–Kier alpha value is -3.67. The Balaban J connectivity index is 1.62. The lowest BCUT2D eigenvalue weighted by Crippen LogP contribution is -2.43. The van der Waals surface area contributed by atoms with Crippen molar-refractivity contribution >= 4 is 17.3 Å². The number of anilines is 2. The molecule has 0 spiro atoms. The number of para-hydroxylation sites is 1. The van der Waals surface area contributed by atoms with Gasteiger partial charge in [0.2, 0.25) is 6.79 Å². The minimum absolute atomic E-state index is 0.0750. The van der Waals surface area contributed by atoms with Crippen LogP contribution in [0.25, 0.3) is 0 Å². The van der Waals surface area contributed by atoms with Crippen LogP contribution in [-0.2, 0) is 0 Å². The molecule has 0 saturated carbocycles. The first-order valence-corrected chi connectivity index (χ1v) is 8.97. The highest BCUT2D eigenvalue weighted by molar-refractivity contribution is 6.12. The molecule has 3 aromatic rings. The van der Waals surface area contributed by atoms with E-state index >= 15 is 0 Å². The summed E-state index contributed by atoms with van der Waals surface area (Å²) in [6.07, 6.45) is -0.367. The third kappa shape index (κ3) is 2.62. The number of carbonyl (C=O) groups is 1. The van der Waals surface area contributed by atoms with Crippen LogP contribution in [0.4, 0.5) is 11.4 Å². The van der Waals surface area contributed by atoms with E-state index in [4.69, 9.17) is 14.2 Å². The van der Waals surface area contributed by atoms with Crippen molar-refractivity contribution in [2.24, 2.45) is 0 Å². The summed E-state index contributed by atoms with van der Waals surface area (Å²) in [6.45, 7) is 0.190. The first kappa shape index (κ1) is 16.5. The van der Waals surface area contributed by atoms with Gasteiger partial charge in [-0.3, -0.25) is 9.69 Å². The average molecular weight is 374 g/mol. The van der Waals surface area contributed by atoms with Gasteiger partial charge in [-0.2, -0.15) is 0 Å². The van der Waals surface area contributed by atoms with Gasteiger partial charge in [-0.05, 0) is 42.0 Å². The number of hydrogen-bond acceptors (Lipinski definition) is 5. The van der Waals surface area contributed by atoms with Gasteiger partial charge in [0, 0.05) is 11.8 Å². The van der Waals surface area contributed by atoms with Crippen LogP contribution in [0.15, 0.2) is 66.7 Å². The monoisotopic (exact) mass is 374 g/mol. The maximum atomic E-state index is 13.4. The lowest BCUT2D eigenvalue weighted by Gasteiger charge is -2.38. The molecule has 2 heterocycles. The molecule has 1 atom stereocenters. The van der Waals surface area contributed by atoms with Crippen LogP contribution in [0.2, 0.25) is 0 Å². The van der Waals surface area contributed by atoms with Crippen molar-refractivity contribution in [1.29, 1.82) is 0 Å². The molecule has 0 aliphatic carbocycles. The SMILES string of the molecule is COc1ccc([C@@H]2Nc3ccccc3C(=O)N2c2ccc3c(c2)OCO3)cc1. The number of nitrogens with zero attached hydrogens (tertiary/aromatic N) is 1. The van der Waals surface area contributed by atoms with Crippen molar-refractivity contribution < 1.29 is 19.0 Å². The van der Waals surface area contributed by atoms with Crippen molar-refractivity contribution in [3.05, 3.63) is 77.9 Å². The molecule has 28 heavy (non-hydrogen) atoms. The number of benzene rings is 3. The fraction of sp³-hybridized carbons (Fsp3) is 0.136. The largest absolute Gasteiger partial charge is 0.497 e. The Morgan fingerprint density at radius 2 is 1.79 bits per heavy atom. The number of fused-ring (bicyclic) bond motifs is 2. The summed E-state index contributed by atoms with van der Waals surface area (Å²) in [7, 11) is 1.63. The Labute approximate surface area is 162 Å². The second-order valence-corrected chi connectivity index (χ2v) is 6.58. The molecule has 6 heteroatoms. The molecule has 140 valence electrons. The van der Waals surface area contributed by atoms with E-state index in [0.717, 1.165) is 22.7 Å². The summed E-state index contributed by atoms with van der Waals surface area (Å²) >= 11 is 0. The van der Waals surface area contributed by atoms with Crippen molar-refractivity contribution in [2.45, 2.75) is 6.17 Å². The second kappa shape index (κ2) is 6.49. The molecule has 0 bridgehead atoms. The minimum Gasteiger partial charge on any atom is -0.497 e. The molecule has 0 fully saturated rings. The van der Waals surface area contributed by atoms with E-state index < -0.39 is 0 Å². The molecule has 6 nitrogen and oxygen atoms in total. The lowest BCUT2D eigenvalue weighted by molar-refractivity contribution is 0.0975. The van der Waals surface area contributed by atoms with Crippen LogP contribution in [0, 0.1) is 0 Å². The third-order valence-electron chi connectivity index (χ3n) is 4.99. The fourth-order valence-corrected chi connectivity index (χ4v) is 3.57. The molecular weight excluding hydrogens is 356 g/mol. The quantitative estimate of drug-likeness (QED) is 0.745. The minimum atomic E-state index is -0.367. The van der Waals surface area contributed by atoms with Crippen LogP contribution in [0.1, 0.15) is 22.1 Å². The van der Waals surface area contributed by atoms with Crippen molar-refractivity contribution in [1.82, 2.24) is 0 Å². The van der Waals surface area contributed by atoms with Gasteiger partial charge in [-0.25, -0.2) is 0 Å². The van der Waals surface area contributed by atoms with E-state index in [2.05, 4.69) is 5.32 Å². The van der Waals surface area contributed by atoms with E-state index in [1.165, 1.54) is 0 Å². The maximum absolute atomic E-state index is 13.4. The number of ether oxygens (including phenoxy) is 3. The molecule has 0 unspecified atom stereocenters. The zero-order valence-corrected chi connectivity index (χ0v) is 15.2. The van der Waals surface area contributed by atoms with Crippen LogP contribution in [-0.4, -0.2) is 19.8 Å². The first-order chi connectivity index (χ1) is 13.7. The van der Waals surface area contributed by atoms with Gasteiger partial charge in [0.15, 0.2) is 11.5 Å². The molecule has 0 radical (unpaired) electrons. The van der Waals surface area contributed by atoms with Crippen molar-refractivity contribution in [2.75, 3.05) is 24.1 Å². The van der Waals surface area contributed by atoms with E-state index in [9.17, 15) is 4.79 Å². The molecular formula is C22H18N2O4. The highest BCUT2D eigenvalue weighted by atomic mass is 16.7. The molecule has 1 amide bonds. The van der Waals surface area contributed by atoms with Crippen molar-refractivity contribution in [3.8, 4) is 17.2 Å². The van der Waals surface area contributed by atoms with Gasteiger partial charge < -0.3 is 19.5 Å². The summed E-state index contributed by atoms with van der Waals surface area (Å²) < 4.78 is 16.2. The summed E-state index contributed by atoms with van der Waals surface area (Å²) in [5, 5.41) is 3.49. The molecule has 5 rings (SSSR count). The summed E-state index contributed by atoms with van der Waals surface area (Å²) in [5.74, 6) is 2.01. The van der Waals surface area contributed by atoms with E-state index in [-0.39, 0.29) is 18.9 Å². The molecule has 0 aromatic heterocycles. The number of carbonyl (C=O) groups excluding carboxylic acids is 1. The van der Waals surface area contributed by atoms with Gasteiger partial charge in [-0.15, -0.1) is 0 Å². The highest BCUT2D eigenvalue weighted by Gasteiger charge is 2.34. The van der Waals surface area contributed by atoms with Crippen LogP contribution in [0.5, 0.6) is 17.2 Å². The Bertz CT molecular complexity index is 1050. The van der Waals surface area contributed by atoms with Gasteiger partial charge >= 0.3 is 0 Å². The Morgan fingerprint density at radius 3 is 2.61 bits per heavy atom. The smallest absolute Gasteiger partial charge is 0.262 e. The molecule has 2 aliphatic rings. The van der Waals surface area contributed by atoms with E-state index in [1.54, 1.807) is 12.0 Å². The molecule has 3 aromatic carbocycles. The standard InChI is InChI=1S/C22H18N2O4/c1-26-16-9-6-14(7-10-16)21-23-18-5-3-2-4-17(18)22(25)24(21)15-8-11-19-20(12-15)28-13-27-19/h2-12,21,23H,13H2,1H3/t21-/m1/s1. The van der Waals surface area contributed by atoms with Gasteiger partial charge in [0.1, 0.15) is 11.9 Å². The third-order valence-corrected chi connectivity index (χ3v) is 4.99. The van der Waals surface area contributed by atoms with Crippen LogP contribution < -0.4 is 24.4 Å². The van der Waals surface area contributed by atoms with Crippen LogP contribution >= 0.6 is 0 Å². The van der Waals surface area contributed by atoms with Crippen LogP contribution in [0.3, 0.4) is 0 Å². The number of methoxy groups -OCH3 is 1. The Kier molecular flexibility index (Phi) is 3.83. The fourth-order valence-electron chi connectivity index (χ4n) is 3.57. The highest BCUT2D eigenvalue weighted by Crippen LogP contribution is 2.41. The molecule has 2 aliphatic heterocycles. The zero-order valence-electron chi connectivity index (χ0n) is 15.2. The summed E-state index contributed by atoms with van der Waals surface area (Å²) in [5.41, 5.74) is 3.12. The predicted octanol–water partition coefficient (Wildman–Crippen LogP) is 4.20. The normalized spacial score (nSPS) is 17.1. The summed E-state index contributed by atoms with van der Waals surface area (Å²) in [6, 6.07) is 20.8. The maximum Gasteiger partial charge on any atom is 0.262 e. The number of amides is 1.